The van der Waals surface area contributed by atoms with Gasteiger partial charge in [0.05, 0.1) is 12.2 Å². The predicted molar refractivity (Wildman–Crippen MR) is 56.1 cm³/mol. The van der Waals surface area contributed by atoms with Crippen molar-refractivity contribution in [1.29, 1.82) is 0 Å². The quantitative estimate of drug-likeness (QED) is 0.556. The molecule has 2 atom stereocenters. The normalized spacial score (nSPS) is 36.7. The van der Waals surface area contributed by atoms with Crippen LogP contribution in [0.5, 0.6) is 0 Å². The lowest BCUT2D eigenvalue weighted by atomic mass is 10.3. The van der Waals surface area contributed by atoms with Gasteiger partial charge in [0, 0.05) is 13.1 Å². The fourth-order valence-corrected chi connectivity index (χ4v) is 4.17. The molecule has 2 unspecified atom stereocenters. The lowest BCUT2D eigenvalue weighted by molar-refractivity contribution is 0.0349. The van der Waals surface area contributed by atoms with Crippen LogP contribution in [0.25, 0.3) is 0 Å². The Morgan fingerprint density at radius 3 is 1.85 bits per heavy atom. The highest BCUT2D eigenvalue weighted by Crippen LogP contribution is 2.16. The zero-order chi connectivity index (χ0) is 10.1. The first-order valence-corrected chi connectivity index (χ1v) is 7.75. The highest BCUT2D eigenvalue weighted by Gasteiger charge is 2.32. The van der Waals surface area contributed by atoms with Gasteiger partial charge in [0.25, 0.3) is 0 Å². The van der Waals surface area contributed by atoms with Crippen LogP contribution in [0.15, 0.2) is 0 Å². The van der Waals surface area contributed by atoms with Gasteiger partial charge in [0.1, 0.15) is 0 Å². The Balaban J connectivity index is 2.59. The minimum atomic E-state index is -1.86. The molecule has 1 aliphatic rings. The Bertz CT molecular complexity index is 159. The van der Waals surface area contributed by atoms with E-state index in [-0.39, 0.29) is 0 Å². The van der Waals surface area contributed by atoms with Crippen LogP contribution in [0.3, 0.4) is 0 Å². The van der Waals surface area contributed by atoms with Gasteiger partial charge in [0.2, 0.25) is 0 Å². The summed E-state index contributed by atoms with van der Waals surface area (Å²) in [5.41, 5.74) is 0. The van der Waals surface area contributed by atoms with E-state index in [1.165, 1.54) is 0 Å². The van der Waals surface area contributed by atoms with Crippen LogP contribution in [0.1, 0.15) is 13.8 Å². The third kappa shape index (κ3) is 3.77. The van der Waals surface area contributed by atoms with Gasteiger partial charge in [0.15, 0.2) is 0 Å². The Morgan fingerprint density at radius 2 is 1.46 bits per heavy atom. The lowest BCUT2D eigenvalue weighted by Gasteiger charge is -2.36. The van der Waals surface area contributed by atoms with E-state index in [1.807, 2.05) is 0 Å². The summed E-state index contributed by atoms with van der Waals surface area (Å²) in [5.74, 6) is 0. The zero-order valence-corrected chi connectivity index (χ0v) is 10.3. The second-order valence-corrected chi connectivity index (χ2v) is 7.75. The SMILES string of the molecule is CC1CN(C)CC(C)O[Si](C)(C)O1. The van der Waals surface area contributed by atoms with Crippen molar-refractivity contribution in [3.05, 3.63) is 0 Å². The molecule has 0 aliphatic carbocycles. The molecule has 3 nitrogen and oxygen atoms in total. The van der Waals surface area contributed by atoms with Crippen LogP contribution >= 0.6 is 0 Å². The Morgan fingerprint density at radius 1 is 1.08 bits per heavy atom. The molecule has 0 saturated carbocycles. The monoisotopic (exact) mass is 203 g/mol. The first-order valence-electron chi connectivity index (χ1n) is 4.93. The van der Waals surface area contributed by atoms with Crippen LogP contribution in [0, 0.1) is 0 Å². The van der Waals surface area contributed by atoms with Crippen molar-refractivity contribution in [2.24, 2.45) is 0 Å². The average Bonchev–Trinajstić information content (AvgIpc) is 1.78. The summed E-state index contributed by atoms with van der Waals surface area (Å²) in [5, 5.41) is 0. The molecule has 0 aromatic heterocycles. The summed E-state index contributed by atoms with van der Waals surface area (Å²) in [6.45, 7) is 10.5. The molecule has 13 heavy (non-hydrogen) atoms. The molecule has 78 valence electrons. The molecule has 1 rings (SSSR count). The summed E-state index contributed by atoms with van der Waals surface area (Å²) >= 11 is 0. The van der Waals surface area contributed by atoms with Gasteiger partial charge in [-0.25, -0.2) is 0 Å². The summed E-state index contributed by atoms with van der Waals surface area (Å²) < 4.78 is 11.8. The van der Waals surface area contributed by atoms with Crippen LogP contribution in [0.2, 0.25) is 13.1 Å². The van der Waals surface area contributed by atoms with E-state index >= 15 is 0 Å². The van der Waals surface area contributed by atoms with E-state index < -0.39 is 8.56 Å². The fourth-order valence-electron chi connectivity index (χ4n) is 2.02. The van der Waals surface area contributed by atoms with E-state index in [2.05, 4.69) is 38.9 Å². The van der Waals surface area contributed by atoms with Crippen LogP contribution < -0.4 is 0 Å². The average molecular weight is 203 g/mol. The molecule has 0 N–H and O–H groups in total. The molecule has 1 aliphatic heterocycles. The number of hydrogen-bond acceptors (Lipinski definition) is 3. The van der Waals surface area contributed by atoms with Crippen molar-refractivity contribution in [2.75, 3.05) is 20.1 Å². The van der Waals surface area contributed by atoms with Gasteiger partial charge >= 0.3 is 8.56 Å². The van der Waals surface area contributed by atoms with Crippen molar-refractivity contribution in [3.8, 4) is 0 Å². The molecule has 0 bridgehead atoms. The van der Waals surface area contributed by atoms with Gasteiger partial charge in [-0.3, -0.25) is 0 Å². The third-order valence-corrected chi connectivity index (χ3v) is 4.05. The van der Waals surface area contributed by atoms with Crippen molar-refractivity contribution in [3.63, 3.8) is 0 Å². The topological polar surface area (TPSA) is 21.7 Å². The first-order chi connectivity index (χ1) is 5.89. The Hall–Kier alpha value is 0.0969. The highest BCUT2D eigenvalue weighted by atomic mass is 28.4. The molecule has 0 spiro atoms. The van der Waals surface area contributed by atoms with Crippen LogP contribution in [-0.2, 0) is 8.85 Å². The molecule has 4 heteroatoms. The highest BCUT2D eigenvalue weighted by molar-refractivity contribution is 6.64. The zero-order valence-electron chi connectivity index (χ0n) is 9.33. The molecule has 0 amide bonds. The minimum Gasteiger partial charge on any atom is -0.390 e. The molecule has 1 saturated heterocycles. The number of likely N-dealkylation sites (N-methyl/N-ethyl adjacent to an activating group) is 1. The van der Waals surface area contributed by atoms with E-state index in [1.54, 1.807) is 0 Å². The standard InChI is InChI=1S/C9H21NO2Si/c1-8-6-10(3)7-9(2)12-13(4,5)11-8/h8-9H,6-7H2,1-5H3. The van der Waals surface area contributed by atoms with Gasteiger partial charge < -0.3 is 13.8 Å². The predicted octanol–water partition coefficient (Wildman–Crippen LogP) is 1.44. The summed E-state index contributed by atoms with van der Waals surface area (Å²) in [7, 11) is 0.255. The van der Waals surface area contributed by atoms with Crippen LogP contribution in [-0.4, -0.2) is 45.8 Å². The fraction of sp³-hybridized carbons (Fsp3) is 1.00. The van der Waals surface area contributed by atoms with Crippen molar-refractivity contribution >= 4 is 8.56 Å². The molecule has 1 fully saturated rings. The molecular weight excluding hydrogens is 182 g/mol. The third-order valence-electron chi connectivity index (χ3n) is 2.11. The van der Waals surface area contributed by atoms with Gasteiger partial charge in [-0.05, 0) is 34.0 Å². The van der Waals surface area contributed by atoms with E-state index in [0.717, 1.165) is 13.1 Å². The van der Waals surface area contributed by atoms with Gasteiger partial charge in [-0.15, -0.1) is 0 Å². The van der Waals surface area contributed by atoms with Crippen molar-refractivity contribution < 1.29 is 8.85 Å². The van der Waals surface area contributed by atoms with E-state index in [4.69, 9.17) is 8.85 Å². The summed E-state index contributed by atoms with van der Waals surface area (Å²) in [6.07, 6.45) is 0.582. The van der Waals surface area contributed by atoms with Crippen molar-refractivity contribution in [2.45, 2.75) is 39.1 Å². The molecule has 1 heterocycles. The Labute approximate surface area is 82.3 Å². The maximum absolute atomic E-state index is 5.89. The first kappa shape index (κ1) is 11.2. The minimum absolute atomic E-state index is 0.291. The van der Waals surface area contributed by atoms with Crippen molar-refractivity contribution in [1.82, 2.24) is 4.90 Å². The smallest absolute Gasteiger partial charge is 0.332 e. The van der Waals surface area contributed by atoms with Crippen LogP contribution in [0.4, 0.5) is 0 Å². The number of rotatable bonds is 0. The lowest BCUT2D eigenvalue weighted by Crippen LogP contribution is -2.49. The van der Waals surface area contributed by atoms with Gasteiger partial charge in [-0.1, -0.05) is 0 Å². The summed E-state index contributed by atoms with van der Waals surface area (Å²) in [6, 6.07) is 0. The Kier molecular flexibility index (Phi) is 3.51. The largest absolute Gasteiger partial charge is 0.390 e. The molecule has 0 aromatic carbocycles. The molecule has 0 radical (unpaired) electrons. The second-order valence-electron chi connectivity index (χ2n) is 4.48. The second kappa shape index (κ2) is 4.08. The van der Waals surface area contributed by atoms with Gasteiger partial charge in [-0.2, -0.15) is 0 Å². The number of hydrogen-bond donors (Lipinski definition) is 0. The maximum Gasteiger partial charge on any atom is 0.332 e. The van der Waals surface area contributed by atoms with E-state index in [9.17, 15) is 0 Å². The van der Waals surface area contributed by atoms with E-state index in [0.29, 0.717) is 12.2 Å². The summed E-state index contributed by atoms with van der Waals surface area (Å²) in [4.78, 5) is 2.26. The maximum atomic E-state index is 5.89. The molecule has 0 aromatic rings. The number of nitrogens with zero attached hydrogens (tertiary/aromatic N) is 1. The molecular formula is C9H21NO2Si.